The van der Waals surface area contributed by atoms with Crippen LogP contribution >= 0.6 is 0 Å². The standard InChI is InChI=1S/C22H23F2N/c1-16(25-14-22(15-25)10-5-11-22)19-12-18(20(23)13-21(19)24)9-8-17-6-3-2-4-7-17/h2-4,6-7,12-13H,1,5,8-11,14-15H2. The Hall–Kier alpha value is -2.16. The van der Waals surface area contributed by atoms with E-state index >= 15 is 0 Å². The molecule has 1 nitrogen and oxygen atoms in total. The van der Waals surface area contributed by atoms with Crippen molar-refractivity contribution in [2.24, 2.45) is 5.41 Å². The van der Waals surface area contributed by atoms with Crippen LogP contribution in [0.3, 0.4) is 0 Å². The highest BCUT2D eigenvalue weighted by Gasteiger charge is 2.47. The smallest absolute Gasteiger partial charge is 0.135 e. The molecule has 0 atom stereocenters. The van der Waals surface area contributed by atoms with Crippen LogP contribution in [0.5, 0.6) is 0 Å². The molecule has 3 heteroatoms. The largest absolute Gasteiger partial charge is 0.370 e. The van der Waals surface area contributed by atoms with E-state index in [9.17, 15) is 8.78 Å². The third kappa shape index (κ3) is 3.08. The lowest BCUT2D eigenvalue weighted by Crippen LogP contribution is -2.58. The van der Waals surface area contributed by atoms with E-state index in [-0.39, 0.29) is 0 Å². The van der Waals surface area contributed by atoms with Gasteiger partial charge in [-0.25, -0.2) is 8.78 Å². The van der Waals surface area contributed by atoms with Gasteiger partial charge in [0.1, 0.15) is 11.6 Å². The van der Waals surface area contributed by atoms with Crippen LogP contribution in [0.1, 0.15) is 36.0 Å². The molecule has 130 valence electrons. The lowest BCUT2D eigenvalue weighted by molar-refractivity contribution is -0.0233. The quantitative estimate of drug-likeness (QED) is 0.723. The first-order chi connectivity index (χ1) is 12.1. The Labute approximate surface area is 148 Å². The van der Waals surface area contributed by atoms with E-state index < -0.39 is 11.6 Å². The molecule has 0 unspecified atom stereocenters. The summed E-state index contributed by atoms with van der Waals surface area (Å²) in [6, 6.07) is 12.6. The normalized spacial score (nSPS) is 17.9. The van der Waals surface area contributed by atoms with Gasteiger partial charge >= 0.3 is 0 Å². The van der Waals surface area contributed by atoms with Crippen LogP contribution in [0, 0.1) is 17.0 Å². The molecule has 0 N–H and O–H groups in total. The first-order valence-corrected chi connectivity index (χ1v) is 9.02. The fourth-order valence-corrected chi connectivity index (χ4v) is 4.05. The van der Waals surface area contributed by atoms with E-state index in [0.29, 0.717) is 28.7 Å². The van der Waals surface area contributed by atoms with Gasteiger partial charge in [0, 0.05) is 35.8 Å². The zero-order valence-electron chi connectivity index (χ0n) is 14.4. The Morgan fingerprint density at radius 3 is 2.36 bits per heavy atom. The highest BCUT2D eigenvalue weighted by atomic mass is 19.1. The van der Waals surface area contributed by atoms with Crippen LogP contribution in [0.25, 0.3) is 5.70 Å². The summed E-state index contributed by atoms with van der Waals surface area (Å²) in [5, 5.41) is 0. The van der Waals surface area contributed by atoms with Gasteiger partial charge in [-0.05, 0) is 42.9 Å². The predicted molar refractivity (Wildman–Crippen MR) is 97.1 cm³/mol. The minimum Gasteiger partial charge on any atom is -0.370 e. The molecule has 0 radical (unpaired) electrons. The SMILES string of the molecule is C=C(c1cc(CCc2ccccc2)c(F)cc1F)N1CC2(CCC2)C1. The molecule has 0 amide bonds. The van der Waals surface area contributed by atoms with Gasteiger partial charge in [0.2, 0.25) is 0 Å². The second-order valence-corrected chi connectivity index (χ2v) is 7.57. The van der Waals surface area contributed by atoms with Crippen molar-refractivity contribution in [1.82, 2.24) is 4.90 Å². The fraction of sp³-hybridized carbons (Fsp3) is 0.364. The maximum atomic E-state index is 14.3. The summed E-state index contributed by atoms with van der Waals surface area (Å²) in [6.07, 6.45) is 5.13. The molecule has 0 bridgehead atoms. The maximum Gasteiger partial charge on any atom is 0.135 e. The molecule has 1 saturated carbocycles. The summed E-state index contributed by atoms with van der Waals surface area (Å²) in [4.78, 5) is 2.14. The second kappa shape index (κ2) is 6.29. The molecule has 0 aromatic heterocycles. The van der Waals surface area contributed by atoms with Gasteiger partial charge in [-0.3, -0.25) is 0 Å². The van der Waals surface area contributed by atoms with Crippen LogP contribution in [-0.2, 0) is 12.8 Å². The molecule has 1 aliphatic heterocycles. The number of hydrogen-bond donors (Lipinski definition) is 0. The molecule has 1 spiro atoms. The molecule has 1 heterocycles. The number of benzene rings is 2. The molecular weight excluding hydrogens is 316 g/mol. The predicted octanol–water partition coefficient (Wildman–Crippen LogP) is 5.21. The van der Waals surface area contributed by atoms with Crippen molar-refractivity contribution >= 4 is 5.70 Å². The zero-order valence-corrected chi connectivity index (χ0v) is 14.4. The molecule has 1 saturated heterocycles. The zero-order chi connectivity index (χ0) is 17.4. The molecule has 2 aromatic carbocycles. The number of rotatable bonds is 5. The summed E-state index contributed by atoms with van der Waals surface area (Å²) in [6.45, 7) is 6.00. The first-order valence-electron chi connectivity index (χ1n) is 9.02. The minimum atomic E-state index is -0.513. The first kappa shape index (κ1) is 16.3. The summed E-state index contributed by atoms with van der Waals surface area (Å²) in [7, 11) is 0. The van der Waals surface area contributed by atoms with Crippen LogP contribution in [-0.4, -0.2) is 18.0 Å². The van der Waals surface area contributed by atoms with E-state index in [0.717, 1.165) is 31.1 Å². The van der Waals surface area contributed by atoms with E-state index in [1.807, 2.05) is 30.3 Å². The Balaban J connectivity index is 1.49. The van der Waals surface area contributed by atoms with Crippen LogP contribution < -0.4 is 0 Å². The molecule has 2 fully saturated rings. The van der Waals surface area contributed by atoms with Gasteiger partial charge in [0.25, 0.3) is 0 Å². The van der Waals surface area contributed by atoms with E-state index in [4.69, 9.17) is 0 Å². The summed E-state index contributed by atoms with van der Waals surface area (Å²) >= 11 is 0. The molecule has 25 heavy (non-hydrogen) atoms. The van der Waals surface area contributed by atoms with Crippen molar-refractivity contribution in [3.63, 3.8) is 0 Å². The van der Waals surface area contributed by atoms with Gasteiger partial charge in [0.15, 0.2) is 0 Å². The number of nitrogens with zero attached hydrogens (tertiary/aromatic N) is 1. The maximum absolute atomic E-state index is 14.3. The van der Waals surface area contributed by atoms with Crippen molar-refractivity contribution in [3.05, 3.63) is 77.4 Å². The molecule has 2 aliphatic rings. The van der Waals surface area contributed by atoms with E-state index in [1.165, 1.54) is 19.3 Å². The Morgan fingerprint density at radius 2 is 1.72 bits per heavy atom. The summed E-state index contributed by atoms with van der Waals surface area (Å²) in [5.74, 6) is -0.982. The van der Waals surface area contributed by atoms with Crippen molar-refractivity contribution in [1.29, 1.82) is 0 Å². The molecule has 2 aromatic rings. The third-order valence-electron chi connectivity index (χ3n) is 5.82. The van der Waals surface area contributed by atoms with Crippen molar-refractivity contribution in [2.45, 2.75) is 32.1 Å². The second-order valence-electron chi connectivity index (χ2n) is 7.57. The Morgan fingerprint density at radius 1 is 1.00 bits per heavy atom. The van der Waals surface area contributed by atoms with Crippen LogP contribution in [0.15, 0.2) is 49.0 Å². The number of likely N-dealkylation sites (tertiary alicyclic amines) is 1. The van der Waals surface area contributed by atoms with Crippen LogP contribution in [0.4, 0.5) is 8.78 Å². The minimum absolute atomic E-state index is 0.443. The lowest BCUT2D eigenvalue weighted by atomic mass is 9.63. The number of hydrogen-bond acceptors (Lipinski definition) is 1. The van der Waals surface area contributed by atoms with Gasteiger partial charge in [-0.15, -0.1) is 0 Å². The number of aryl methyl sites for hydroxylation is 2. The molecule has 4 rings (SSSR count). The summed E-state index contributed by atoms with van der Waals surface area (Å²) in [5.41, 5.74) is 3.30. The van der Waals surface area contributed by atoms with Gasteiger partial charge in [-0.1, -0.05) is 43.3 Å². The summed E-state index contributed by atoms with van der Waals surface area (Å²) < 4.78 is 28.5. The highest BCUT2D eigenvalue weighted by Crippen LogP contribution is 2.50. The Kier molecular flexibility index (Phi) is 4.10. The van der Waals surface area contributed by atoms with Crippen molar-refractivity contribution in [2.75, 3.05) is 13.1 Å². The van der Waals surface area contributed by atoms with Gasteiger partial charge in [0.05, 0.1) is 0 Å². The van der Waals surface area contributed by atoms with Crippen molar-refractivity contribution < 1.29 is 8.78 Å². The van der Waals surface area contributed by atoms with E-state index in [2.05, 4.69) is 11.5 Å². The Bertz CT molecular complexity index is 785. The lowest BCUT2D eigenvalue weighted by Gasteiger charge is -2.57. The average molecular weight is 339 g/mol. The van der Waals surface area contributed by atoms with Gasteiger partial charge in [-0.2, -0.15) is 0 Å². The van der Waals surface area contributed by atoms with Crippen molar-refractivity contribution in [3.8, 4) is 0 Å². The third-order valence-corrected chi connectivity index (χ3v) is 5.82. The molecule has 1 aliphatic carbocycles. The average Bonchev–Trinajstić information content (AvgIpc) is 2.52. The topological polar surface area (TPSA) is 3.24 Å². The fourth-order valence-electron chi connectivity index (χ4n) is 4.05. The monoisotopic (exact) mass is 339 g/mol. The van der Waals surface area contributed by atoms with E-state index in [1.54, 1.807) is 6.07 Å². The highest BCUT2D eigenvalue weighted by molar-refractivity contribution is 5.64. The van der Waals surface area contributed by atoms with Crippen LogP contribution in [0.2, 0.25) is 0 Å². The molecular formula is C22H23F2N. The number of halogens is 2. The van der Waals surface area contributed by atoms with Gasteiger partial charge < -0.3 is 4.90 Å².